The van der Waals surface area contributed by atoms with Crippen LogP contribution in [-0.4, -0.2) is 30.6 Å². The molecule has 0 aromatic heterocycles. The van der Waals surface area contributed by atoms with Crippen molar-refractivity contribution in [3.63, 3.8) is 0 Å². The lowest BCUT2D eigenvalue weighted by Gasteiger charge is -2.37. The normalized spacial score (nSPS) is 15.9. The average molecular weight is 246 g/mol. The van der Waals surface area contributed by atoms with Gasteiger partial charge in [0, 0.05) is 6.04 Å². The molecule has 0 atom stereocenters. The Hall–Kier alpha value is -0.860. The molecule has 18 heavy (non-hydrogen) atoms. The second kappa shape index (κ2) is 7.55. The molecule has 2 heteroatoms. The molecule has 2 N–H and O–H groups in total. The molecule has 1 saturated carbocycles. The standard InChI is InChI=1S/C16H26N2/c17-12-6-14-18(16-10-4-11-16)13-5-9-15-7-2-1-3-8-15/h1-3,7-8,16H,4-6,9-14,17H2. The van der Waals surface area contributed by atoms with Crippen LogP contribution in [0, 0.1) is 0 Å². The van der Waals surface area contributed by atoms with Crippen molar-refractivity contribution in [2.45, 2.75) is 44.6 Å². The summed E-state index contributed by atoms with van der Waals surface area (Å²) in [6.45, 7) is 3.25. The maximum Gasteiger partial charge on any atom is 0.00952 e. The maximum absolute atomic E-state index is 5.63. The van der Waals surface area contributed by atoms with Crippen LogP contribution >= 0.6 is 0 Å². The third-order valence-corrected chi connectivity index (χ3v) is 3.99. The number of nitrogens with zero attached hydrogens (tertiary/aromatic N) is 1. The lowest BCUT2D eigenvalue weighted by Crippen LogP contribution is -2.41. The number of nitrogens with two attached hydrogens (primary N) is 1. The number of hydrogen-bond donors (Lipinski definition) is 1. The van der Waals surface area contributed by atoms with E-state index in [1.54, 1.807) is 0 Å². The molecule has 1 aromatic carbocycles. The Bertz CT molecular complexity index is 319. The fraction of sp³-hybridized carbons (Fsp3) is 0.625. The van der Waals surface area contributed by atoms with Gasteiger partial charge >= 0.3 is 0 Å². The van der Waals surface area contributed by atoms with Gasteiger partial charge < -0.3 is 10.6 Å². The van der Waals surface area contributed by atoms with Gasteiger partial charge in [-0.2, -0.15) is 0 Å². The molecule has 1 aromatic rings. The third kappa shape index (κ3) is 4.11. The summed E-state index contributed by atoms with van der Waals surface area (Å²) in [4.78, 5) is 2.67. The number of rotatable bonds is 8. The van der Waals surface area contributed by atoms with E-state index in [2.05, 4.69) is 35.2 Å². The third-order valence-electron chi connectivity index (χ3n) is 3.99. The van der Waals surface area contributed by atoms with Crippen molar-refractivity contribution in [1.29, 1.82) is 0 Å². The highest BCUT2D eigenvalue weighted by Crippen LogP contribution is 2.25. The Morgan fingerprint density at radius 2 is 1.78 bits per heavy atom. The van der Waals surface area contributed by atoms with Crippen molar-refractivity contribution in [2.24, 2.45) is 5.73 Å². The Morgan fingerprint density at radius 1 is 1.06 bits per heavy atom. The lowest BCUT2D eigenvalue weighted by atomic mass is 9.91. The van der Waals surface area contributed by atoms with E-state index in [4.69, 9.17) is 5.73 Å². The van der Waals surface area contributed by atoms with Crippen LogP contribution in [0.5, 0.6) is 0 Å². The van der Waals surface area contributed by atoms with Gasteiger partial charge in [-0.3, -0.25) is 0 Å². The fourth-order valence-corrected chi connectivity index (χ4v) is 2.65. The predicted octanol–water partition coefficient (Wildman–Crippen LogP) is 2.82. The van der Waals surface area contributed by atoms with E-state index in [1.807, 2.05) is 0 Å². The zero-order chi connectivity index (χ0) is 12.6. The zero-order valence-corrected chi connectivity index (χ0v) is 11.4. The van der Waals surface area contributed by atoms with Gasteiger partial charge in [0.15, 0.2) is 0 Å². The highest BCUT2D eigenvalue weighted by molar-refractivity contribution is 5.14. The van der Waals surface area contributed by atoms with Gasteiger partial charge in [0.25, 0.3) is 0 Å². The first-order valence-corrected chi connectivity index (χ1v) is 7.38. The van der Waals surface area contributed by atoms with E-state index < -0.39 is 0 Å². The Labute approximate surface area is 111 Å². The summed E-state index contributed by atoms with van der Waals surface area (Å²) in [5, 5.41) is 0. The van der Waals surface area contributed by atoms with Crippen LogP contribution < -0.4 is 5.73 Å². The molecule has 1 fully saturated rings. The van der Waals surface area contributed by atoms with E-state index in [-0.39, 0.29) is 0 Å². The van der Waals surface area contributed by atoms with Crippen molar-refractivity contribution in [1.82, 2.24) is 4.90 Å². The van der Waals surface area contributed by atoms with Crippen LogP contribution in [0.1, 0.15) is 37.7 Å². The van der Waals surface area contributed by atoms with Crippen molar-refractivity contribution in [2.75, 3.05) is 19.6 Å². The van der Waals surface area contributed by atoms with Crippen LogP contribution in [0.25, 0.3) is 0 Å². The summed E-state index contributed by atoms with van der Waals surface area (Å²) < 4.78 is 0. The Morgan fingerprint density at radius 3 is 2.39 bits per heavy atom. The molecule has 100 valence electrons. The first kappa shape index (κ1) is 13.6. The lowest BCUT2D eigenvalue weighted by molar-refractivity contribution is 0.125. The minimum Gasteiger partial charge on any atom is -0.330 e. The molecule has 0 heterocycles. The van der Waals surface area contributed by atoms with E-state index >= 15 is 0 Å². The smallest absolute Gasteiger partial charge is 0.00952 e. The van der Waals surface area contributed by atoms with Crippen molar-refractivity contribution in [3.05, 3.63) is 35.9 Å². The largest absolute Gasteiger partial charge is 0.330 e. The number of aryl methyl sites for hydroxylation is 1. The van der Waals surface area contributed by atoms with E-state index in [9.17, 15) is 0 Å². The average Bonchev–Trinajstić information content (AvgIpc) is 2.35. The zero-order valence-electron chi connectivity index (χ0n) is 11.4. The molecule has 0 saturated heterocycles. The molecule has 0 unspecified atom stereocenters. The first-order chi connectivity index (χ1) is 8.90. The summed E-state index contributed by atoms with van der Waals surface area (Å²) in [5.41, 5.74) is 7.09. The van der Waals surface area contributed by atoms with Crippen LogP contribution in [0.2, 0.25) is 0 Å². The molecular weight excluding hydrogens is 220 g/mol. The van der Waals surface area contributed by atoms with Gasteiger partial charge in [-0.1, -0.05) is 36.8 Å². The van der Waals surface area contributed by atoms with Crippen LogP contribution in [0.15, 0.2) is 30.3 Å². The van der Waals surface area contributed by atoms with E-state index in [0.717, 1.165) is 19.0 Å². The molecule has 0 radical (unpaired) electrons. The molecule has 1 aliphatic rings. The van der Waals surface area contributed by atoms with E-state index in [1.165, 1.54) is 50.8 Å². The Kier molecular flexibility index (Phi) is 5.69. The molecule has 0 spiro atoms. The minimum atomic E-state index is 0.821. The number of benzene rings is 1. The summed E-state index contributed by atoms with van der Waals surface area (Å²) in [7, 11) is 0. The van der Waals surface area contributed by atoms with Crippen LogP contribution in [0.3, 0.4) is 0 Å². The van der Waals surface area contributed by atoms with Gasteiger partial charge in [0.1, 0.15) is 0 Å². The van der Waals surface area contributed by atoms with Crippen LogP contribution in [-0.2, 0) is 6.42 Å². The summed E-state index contributed by atoms with van der Waals surface area (Å²) in [6, 6.07) is 11.7. The van der Waals surface area contributed by atoms with Gasteiger partial charge in [0.2, 0.25) is 0 Å². The minimum absolute atomic E-state index is 0.821. The summed E-state index contributed by atoms with van der Waals surface area (Å²) in [6.07, 6.45) is 7.83. The van der Waals surface area contributed by atoms with Crippen molar-refractivity contribution < 1.29 is 0 Å². The predicted molar refractivity (Wildman–Crippen MR) is 77.6 cm³/mol. The number of hydrogen-bond acceptors (Lipinski definition) is 2. The monoisotopic (exact) mass is 246 g/mol. The first-order valence-electron chi connectivity index (χ1n) is 7.38. The van der Waals surface area contributed by atoms with Crippen molar-refractivity contribution >= 4 is 0 Å². The highest BCUT2D eigenvalue weighted by Gasteiger charge is 2.23. The second-order valence-corrected chi connectivity index (χ2v) is 5.35. The summed E-state index contributed by atoms with van der Waals surface area (Å²) in [5.74, 6) is 0. The second-order valence-electron chi connectivity index (χ2n) is 5.35. The van der Waals surface area contributed by atoms with Gasteiger partial charge in [-0.15, -0.1) is 0 Å². The molecule has 0 aliphatic heterocycles. The molecule has 2 rings (SSSR count). The quantitative estimate of drug-likeness (QED) is 0.764. The highest BCUT2D eigenvalue weighted by atomic mass is 15.2. The van der Waals surface area contributed by atoms with Crippen LogP contribution in [0.4, 0.5) is 0 Å². The molecular formula is C16H26N2. The molecule has 0 amide bonds. The maximum atomic E-state index is 5.63. The fourth-order valence-electron chi connectivity index (χ4n) is 2.65. The Balaban J connectivity index is 1.71. The van der Waals surface area contributed by atoms with Gasteiger partial charge in [-0.25, -0.2) is 0 Å². The topological polar surface area (TPSA) is 29.3 Å². The molecule has 1 aliphatic carbocycles. The van der Waals surface area contributed by atoms with Gasteiger partial charge in [-0.05, 0) is 57.3 Å². The van der Waals surface area contributed by atoms with E-state index in [0.29, 0.717) is 0 Å². The van der Waals surface area contributed by atoms with Crippen molar-refractivity contribution in [3.8, 4) is 0 Å². The molecule has 2 nitrogen and oxygen atoms in total. The SMILES string of the molecule is NCCCN(CCCc1ccccc1)C1CCC1. The molecule has 0 bridgehead atoms. The summed E-state index contributed by atoms with van der Waals surface area (Å²) >= 11 is 0. The van der Waals surface area contributed by atoms with Gasteiger partial charge in [0.05, 0.1) is 0 Å².